The largest absolute Gasteiger partial charge is 0.395 e. The third kappa shape index (κ3) is 2.63. The van der Waals surface area contributed by atoms with Crippen molar-refractivity contribution in [2.75, 3.05) is 25.0 Å². The van der Waals surface area contributed by atoms with Crippen LogP contribution in [0.1, 0.15) is 33.3 Å². The van der Waals surface area contributed by atoms with E-state index >= 15 is 0 Å². The van der Waals surface area contributed by atoms with Crippen LogP contribution in [-0.2, 0) is 0 Å². The molecule has 0 aliphatic carbocycles. The molecule has 1 aliphatic rings. The molecule has 3 aromatic rings. The number of nitrogens with one attached hydrogen (secondary N) is 3. The van der Waals surface area contributed by atoms with E-state index in [9.17, 15) is 4.79 Å². The second-order valence-electron chi connectivity index (χ2n) is 5.70. The molecule has 0 saturated carbocycles. The van der Waals surface area contributed by atoms with Crippen LogP contribution in [0.2, 0.25) is 0 Å². The number of H-pyrrole nitrogens is 1. The maximum atomic E-state index is 12.3. The molecule has 0 bridgehead atoms. The number of aliphatic hydroxyl groups excluding tert-OH is 1. The number of amides is 1. The van der Waals surface area contributed by atoms with Crippen molar-refractivity contribution in [3.05, 3.63) is 40.5 Å². The first-order valence-corrected chi connectivity index (χ1v) is 8.64. The third-order valence-corrected chi connectivity index (χ3v) is 5.19. The smallest absolute Gasteiger partial charge is 0.263 e. The lowest BCUT2D eigenvalue weighted by atomic mass is 9.92. The number of benzene rings is 1. The number of fused-ring (bicyclic) bond motifs is 2. The van der Waals surface area contributed by atoms with Gasteiger partial charge in [-0.1, -0.05) is 23.5 Å². The lowest BCUT2D eigenvalue weighted by Gasteiger charge is -2.14. The van der Waals surface area contributed by atoms with Crippen LogP contribution in [0, 0.1) is 0 Å². The van der Waals surface area contributed by atoms with Gasteiger partial charge in [-0.05, 0) is 18.1 Å². The molecule has 3 heterocycles. The van der Waals surface area contributed by atoms with Gasteiger partial charge in [-0.25, -0.2) is 4.98 Å². The third-order valence-electron chi connectivity index (χ3n) is 4.16. The van der Waals surface area contributed by atoms with Crippen LogP contribution >= 0.6 is 11.3 Å². The van der Waals surface area contributed by atoms with Crippen LogP contribution in [0.25, 0.3) is 10.9 Å². The van der Waals surface area contributed by atoms with E-state index in [-0.39, 0.29) is 18.4 Å². The number of hydrogen-bond donors (Lipinski definition) is 4. The molecule has 4 N–H and O–H groups in total. The van der Waals surface area contributed by atoms with Crippen LogP contribution in [0.15, 0.2) is 24.4 Å². The molecule has 2 aromatic heterocycles. The molecule has 1 amide bonds. The first-order chi connectivity index (χ1) is 11.8. The SMILES string of the molecule is O=C1NCCC(c2ccc3cn[nH]c3c2)c2nc(NCCO)sc21. The summed E-state index contributed by atoms with van der Waals surface area (Å²) in [4.78, 5) is 17.6. The Morgan fingerprint density at radius 1 is 1.42 bits per heavy atom. The highest BCUT2D eigenvalue weighted by atomic mass is 32.1. The summed E-state index contributed by atoms with van der Waals surface area (Å²) in [6.07, 6.45) is 2.59. The van der Waals surface area contributed by atoms with Gasteiger partial charge in [-0.2, -0.15) is 5.10 Å². The maximum absolute atomic E-state index is 12.3. The van der Waals surface area contributed by atoms with E-state index in [0.717, 1.165) is 28.6 Å². The van der Waals surface area contributed by atoms with Crippen LogP contribution in [0.3, 0.4) is 0 Å². The summed E-state index contributed by atoms with van der Waals surface area (Å²) in [7, 11) is 0. The zero-order valence-electron chi connectivity index (χ0n) is 12.9. The normalized spacial score (nSPS) is 17.4. The number of aliphatic hydroxyl groups is 1. The molecule has 8 heteroatoms. The number of thiazole rings is 1. The molecule has 0 spiro atoms. The fourth-order valence-electron chi connectivity index (χ4n) is 3.01. The van der Waals surface area contributed by atoms with Crippen molar-refractivity contribution in [2.24, 2.45) is 0 Å². The second kappa shape index (κ2) is 6.21. The number of aromatic amines is 1. The summed E-state index contributed by atoms with van der Waals surface area (Å²) in [5.41, 5.74) is 2.89. The summed E-state index contributed by atoms with van der Waals surface area (Å²) in [6, 6.07) is 6.18. The molecule has 0 fully saturated rings. The van der Waals surface area contributed by atoms with E-state index in [2.05, 4.69) is 37.9 Å². The highest BCUT2D eigenvalue weighted by Gasteiger charge is 2.29. The molecule has 0 radical (unpaired) electrons. The van der Waals surface area contributed by atoms with Crippen molar-refractivity contribution in [1.29, 1.82) is 0 Å². The van der Waals surface area contributed by atoms with Gasteiger partial charge in [0.1, 0.15) is 4.88 Å². The van der Waals surface area contributed by atoms with Gasteiger partial charge in [-0.3, -0.25) is 9.89 Å². The highest BCUT2D eigenvalue weighted by molar-refractivity contribution is 7.17. The van der Waals surface area contributed by atoms with E-state index in [4.69, 9.17) is 5.11 Å². The van der Waals surface area contributed by atoms with E-state index in [0.29, 0.717) is 23.1 Å². The Hall–Kier alpha value is -2.45. The average molecular weight is 343 g/mol. The van der Waals surface area contributed by atoms with E-state index < -0.39 is 0 Å². The van der Waals surface area contributed by atoms with E-state index in [1.807, 2.05) is 6.07 Å². The lowest BCUT2D eigenvalue weighted by Crippen LogP contribution is -2.21. The summed E-state index contributed by atoms with van der Waals surface area (Å²) < 4.78 is 0. The molecular weight excluding hydrogens is 326 g/mol. The molecule has 124 valence electrons. The predicted octanol–water partition coefficient (Wildman–Crippen LogP) is 1.69. The lowest BCUT2D eigenvalue weighted by molar-refractivity contribution is 0.0960. The minimum Gasteiger partial charge on any atom is -0.395 e. The number of hydrogen-bond acceptors (Lipinski definition) is 6. The molecule has 1 aliphatic heterocycles. The molecular formula is C16H17N5O2S. The van der Waals surface area contributed by atoms with Gasteiger partial charge < -0.3 is 15.7 Å². The number of aromatic nitrogens is 3. The Balaban J connectivity index is 1.76. The molecule has 24 heavy (non-hydrogen) atoms. The van der Waals surface area contributed by atoms with Crippen molar-refractivity contribution >= 4 is 33.3 Å². The van der Waals surface area contributed by atoms with Crippen molar-refractivity contribution in [3.63, 3.8) is 0 Å². The molecule has 1 atom stereocenters. The van der Waals surface area contributed by atoms with Crippen molar-refractivity contribution in [2.45, 2.75) is 12.3 Å². The van der Waals surface area contributed by atoms with Crippen LogP contribution in [-0.4, -0.2) is 45.9 Å². The van der Waals surface area contributed by atoms with Crippen molar-refractivity contribution < 1.29 is 9.90 Å². The Kier molecular flexibility index (Phi) is 3.91. The Bertz CT molecular complexity index is 888. The Morgan fingerprint density at radius 3 is 3.21 bits per heavy atom. The zero-order valence-corrected chi connectivity index (χ0v) is 13.7. The van der Waals surface area contributed by atoms with Gasteiger partial charge in [-0.15, -0.1) is 0 Å². The number of rotatable bonds is 4. The summed E-state index contributed by atoms with van der Waals surface area (Å²) in [5, 5.41) is 23.7. The number of carbonyl (C=O) groups is 1. The van der Waals surface area contributed by atoms with Crippen molar-refractivity contribution in [3.8, 4) is 0 Å². The maximum Gasteiger partial charge on any atom is 0.263 e. The first-order valence-electron chi connectivity index (χ1n) is 7.83. The van der Waals surface area contributed by atoms with Gasteiger partial charge in [0, 0.05) is 24.4 Å². The van der Waals surface area contributed by atoms with Crippen LogP contribution in [0.4, 0.5) is 5.13 Å². The summed E-state index contributed by atoms with van der Waals surface area (Å²) in [5.74, 6) is -0.0303. The standard InChI is InChI=1S/C16H17N5O2S/c22-6-5-18-16-20-13-11(3-4-17-15(23)14(13)24-16)9-1-2-10-8-19-21-12(10)7-9/h1-2,7-8,11,22H,3-6H2,(H,17,23)(H,18,20)(H,19,21). The van der Waals surface area contributed by atoms with Gasteiger partial charge in [0.25, 0.3) is 5.91 Å². The second-order valence-corrected chi connectivity index (χ2v) is 6.70. The minimum absolute atomic E-state index is 0.0242. The zero-order chi connectivity index (χ0) is 16.5. The summed E-state index contributed by atoms with van der Waals surface area (Å²) >= 11 is 1.33. The van der Waals surface area contributed by atoms with Crippen LogP contribution < -0.4 is 10.6 Å². The van der Waals surface area contributed by atoms with Gasteiger partial charge in [0.05, 0.1) is 24.0 Å². The first kappa shape index (κ1) is 15.1. The summed E-state index contributed by atoms with van der Waals surface area (Å²) in [6.45, 7) is 1.06. The van der Waals surface area contributed by atoms with Gasteiger partial charge in [0.2, 0.25) is 0 Å². The van der Waals surface area contributed by atoms with E-state index in [1.165, 1.54) is 11.3 Å². The molecule has 1 aromatic carbocycles. The van der Waals surface area contributed by atoms with Crippen molar-refractivity contribution in [1.82, 2.24) is 20.5 Å². The molecule has 4 rings (SSSR count). The monoisotopic (exact) mass is 343 g/mol. The van der Waals surface area contributed by atoms with Crippen LogP contribution in [0.5, 0.6) is 0 Å². The fourth-order valence-corrected chi connectivity index (χ4v) is 3.98. The molecule has 1 unspecified atom stereocenters. The number of nitrogens with zero attached hydrogens (tertiary/aromatic N) is 2. The molecule has 0 saturated heterocycles. The average Bonchev–Trinajstić information content (AvgIpc) is 3.20. The number of anilines is 1. The van der Waals surface area contributed by atoms with E-state index in [1.54, 1.807) is 6.20 Å². The van der Waals surface area contributed by atoms with Gasteiger partial charge >= 0.3 is 0 Å². The van der Waals surface area contributed by atoms with Gasteiger partial charge in [0.15, 0.2) is 5.13 Å². The molecule has 7 nitrogen and oxygen atoms in total. The Labute approximate surface area is 142 Å². The number of carbonyl (C=O) groups excluding carboxylic acids is 1. The Morgan fingerprint density at radius 2 is 2.33 bits per heavy atom. The highest BCUT2D eigenvalue weighted by Crippen LogP contribution is 2.36. The fraction of sp³-hybridized carbons (Fsp3) is 0.312. The quantitative estimate of drug-likeness (QED) is 0.577. The topological polar surface area (TPSA) is 103 Å². The minimum atomic E-state index is -0.0790. The predicted molar refractivity (Wildman–Crippen MR) is 92.6 cm³/mol.